The van der Waals surface area contributed by atoms with Crippen molar-refractivity contribution in [3.05, 3.63) is 291 Å². The predicted molar refractivity (Wildman–Crippen MR) is 365 cm³/mol. The van der Waals surface area contributed by atoms with E-state index >= 15 is 0 Å². The smallest absolute Gasteiger partial charge is 0.235 e. The van der Waals surface area contributed by atoms with Crippen LogP contribution in [0.3, 0.4) is 0 Å². The van der Waals surface area contributed by atoms with Crippen LogP contribution in [0.5, 0.6) is 11.5 Å². The summed E-state index contributed by atoms with van der Waals surface area (Å²) in [6.07, 6.45) is 0. The molecule has 0 radical (unpaired) electrons. The minimum Gasteiger partial charge on any atom is -0.456 e. The van der Waals surface area contributed by atoms with Crippen LogP contribution in [-0.4, -0.2) is 38.2 Å². The first-order valence-electron chi connectivity index (χ1n) is 30.0. The molecule has 13 aromatic carbocycles. The molecule has 0 fully saturated rings. The highest BCUT2D eigenvalue weighted by molar-refractivity contribution is 6.28. The molecule has 414 valence electrons. The molecule has 0 atom stereocenters. The summed E-state index contributed by atoms with van der Waals surface area (Å²) in [5.41, 5.74) is 16.9. The molecule has 89 heavy (non-hydrogen) atoms. The first kappa shape index (κ1) is 49.1. The van der Waals surface area contributed by atoms with Crippen molar-refractivity contribution >= 4 is 120 Å². The van der Waals surface area contributed by atoms with E-state index in [0.29, 0.717) is 11.9 Å². The Balaban J connectivity index is 0.000000129. The molecule has 1 aliphatic rings. The summed E-state index contributed by atoms with van der Waals surface area (Å²) in [6, 6.07) is 102. The fourth-order valence-electron chi connectivity index (χ4n) is 14.2. The van der Waals surface area contributed by atoms with Gasteiger partial charge in [-0.25, -0.2) is 19.9 Å². The molecular formula is C80H48N8O. The highest BCUT2D eigenvalue weighted by Gasteiger charge is 2.27. The average molecular weight is 1140 g/mol. The number of hydrogen-bond acceptors (Lipinski definition) is 5. The Labute approximate surface area is 508 Å². The number of benzene rings is 13. The summed E-state index contributed by atoms with van der Waals surface area (Å²) < 4.78 is 15.6. The summed E-state index contributed by atoms with van der Waals surface area (Å²) in [6.45, 7) is 0. The zero-order valence-corrected chi connectivity index (χ0v) is 47.7. The fraction of sp³-hybridized carbons (Fsp3) is 0. The van der Waals surface area contributed by atoms with Gasteiger partial charge in [0.2, 0.25) is 11.9 Å². The highest BCUT2D eigenvalue weighted by Crippen LogP contribution is 2.48. The second-order valence-corrected chi connectivity index (χ2v) is 22.9. The Hall–Kier alpha value is -12.2. The van der Waals surface area contributed by atoms with Crippen molar-refractivity contribution in [1.82, 2.24) is 38.2 Å². The van der Waals surface area contributed by atoms with E-state index in [9.17, 15) is 0 Å². The minimum atomic E-state index is 0.643. The van der Waals surface area contributed by atoms with Crippen LogP contribution >= 0.6 is 0 Å². The SMILES string of the molecule is c1ccc(-c2nc(-n3c4ccccc4c4c3ccc3c5ccccc5n(-c5ccc6ccccc6c5)c34)nc3ccccc23)cc1.c1ccc(-n2c3ccccc3c3ccc4c(c5ccccc5n4-c4nc5c6c(cccc6n4)Oc4ccccc4-5)c32)cc1. The lowest BCUT2D eigenvalue weighted by molar-refractivity contribution is 0.486. The molecule has 0 N–H and O–H groups in total. The van der Waals surface area contributed by atoms with E-state index in [4.69, 9.17) is 24.7 Å². The van der Waals surface area contributed by atoms with Crippen molar-refractivity contribution < 1.29 is 4.74 Å². The van der Waals surface area contributed by atoms with Crippen LogP contribution < -0.4 is 4.74 Å². The highest BCUT2D eigenvalue weighted by atomic mass is 16.5. The van der Waals surface area contributed by atoms with Gasteiger partial charge in [-0.15, -0.1) is 0 Å². The zero-order valence-electron chi connectivity index (χ0n) is 47.7. The maximum atomic E-state index is 6.26. The van der Waals surface area contributed by atoms with Gasteiger partial charge in [0.05, 0.1) is 71.9 Å². The van der Waals surface area contributed by atoms with E-state index in [1.807, 2.05) is 48.5 Å². The van der Waals surface area contributed by atoms with Gasteiger partial charge in [-0.2, -0.15) is 0 Å². The molecule has 7 heterocycles. The van der Waals surface area contributed by atoms with Crippen molar-refractivity contribution in [2.24, 2.45) is 0 Å². The third-order valence-corrected chi connectivity index (χ3v) is 18.0. The number of para-hydroxylation sites is 7. The Morgan fingerprint density at radius 2 is 0.742 bits per heavy atom. The van der Waals surface area contributed by atoms with Gasteiger partial charge >= 0.3 is 0 Å². The molecule has 0 amide bonds. The Kier molecular flexibility index (Phi) is 10.6. The minimum absolute atomic E-state index is 0.643. The van der Waals surface area contributed by atoms with E-state index < -0.39 is 0 Å². The Bertz CT molecular complexity index is 6150. The van der Waals surface area contributed by atoms with Gasteiger partial charge in [-0.05, 0) is 102 Å². The third kappa shape index (κ3) is 7.30. The Morgan fingerprint density at radius 3 is 1.40 bits per heavy atom. The standard InChI is InChI=1S/C42H26N4.C38H22N4O/c1-2-13-28(14-3-1)40-33-17-6-9-19-35(33)43-42(44-40)46-37-21-11-8-18-34(37)39-38(46)25-24-32-31-16-7-10-20-36(31)45(41(32)39)30-23-22-27-12-4-5-15-29(27)26-30;1-2-11-23(12-3-1)41-29-17-7-4-13-24(29)25-21-22-31-34(37(25)41)26-14-5-8-18-30(26)42(31)38-39-28-16-10-20-33-35(28)36(40-38)27-15-6-9-19-32(27)43-33/h1-26H;1-22H. The van der Waals surface area contributed by atoms with Gasteiger partial charge in [0.15, 0.2) is 0 Å². The van der Waals surface area contributed by atoms with Crippen molar-refractivity contribution in [3.63, 3.8) is 0 Å². The molecule has 20 rings (SSSR count). The van der Waals surface area contributed by atoms with Crippen molar-refractivity contribution in [2.45, 2.75) is 0 Å². The van der Waals surface area contributed by atoms with Crippen LogP contribution in [0.15, 0.2) is 291 Å². The molecule has 0 unspecified atom stereocenters. The van der Waals surface area contributed by atoms with Crippen molar-refractivity contribution in [1.29, 1.82) is 0 Å². The van der Waals surface area contributed by atoms with Crippen LogP contribution in [0.1, 0.15) is 0 Å². The van der Waals surface area contributed by atoms with E-state index in [1.165, 1.54) is 70.5 Å². The first-order chi connectivity index (χ1) is 44.2. The topological polar surface area (TPSA) is 80.5 Å². The van der Waals surface area contributed by atoms with Gasteiger partial charge in [0, 0.05) is 71.0 Å². The molecule has 0 aliphatic carbocycles. The molecule has 6 aromatic heterocycles. The summed E-state index contributed by atoms with van der Waals surface area (Å²) in [7, 11) is 0. The van der Waals surface area contributed by atoms with E-state index in [2.05, 4.69) is 261 Å². The maximum absolute atomic E-state index is 6.26. The molecule has 19 aromatic rings. The van der Waals surface area contributed by atoms with Crippen LogP contribution in [0.4, 0.5) is 0 Å². The third-order valence-electron chi connectivity index (χ3n) is 18.0. The predicted octanol–water partition coefficient (Wildman–Crippen LogP) is 20.2. The number of rotatable bonds is 5. The Morgan fingerprint density at radius 1 is 0.258 bits per heavy atom. The van der Waals surface area contributed by atoms with Crippen molar-refractivity contribution in [3.8, 4) is 57.3 Å². The van der Waals surface area contributed by atoms with E-state index in [0.717, 1.165) is 94.6 Å². The second-order valence-electron chi connectivity index (χ2n) is 22.9. The van der Waals surface area contributed by atoms with Crippen LogP contribution in [0.2, 0.25) is 0 Å². The lowest BCUT2D eigenvalue weighted by Gasteiger charge is -2.20. The van der Waals surface area contributed by atoms with E-state index in [1.54, 1.807) is 0 Å². The molecule has 9 heteroatoms. The number of nitrogens with zero attached hydrogens (tertiary/aromatic N) is 8. The molecular weight excluding hydrogens is 1090 g/mol. The number of fused-ring (bicyclic) bond motifs is 18. The lowest BCUT2D eigenvalue weighted by Crippen LogP contribution is -2.06. The molecule has 0 saturated carbocycles. The summed E-state index contributed by atoms with van der Waals surface area (Å²) >= 11 is 0. The van der Waals surface area contributed by atoms with E-state index in [-0.39, 0.29) is 0 Å². The summed E-state index contributed by atoms with van der Waals surface area (Å²) in [4.78, 5) is 20.9. The molecule has 0 spiro atoms. The largest absolute Gasteiger partial charge is 0.456 e. The normalized spacial score (nSPS) is 12.1. The van der Waals surface area contributed by atoms with Gasteiger partial charge in [-0.3, -0.25) is 9.13 Å². The second kappa shape index (κ2) is 19.2. The summed E-state index contributed by atoms with van der Waals surface area (Å²) in [5.74, 6) is 2.90. The molecule has 9 nitrogen and oxygen atoms in total. The fourth-order valence-corrected chi connectivity index (χ4v) is 14.2. The molecule has 1 aliphatic heterocycles. The lowest BCUT2D eigenvalue weighted by atomic mass is 10.0. The average Bonchev–Trinajstić information content (AvgIpc) is 1.72. The summed E-state index contributed by atoms with van der Waals surface area (Å²) in [5, 5.41) is 14.1. The number of hydrogen-bond donors (Lipinski definition) is 0. The van der Waals surface area contributed by atoms with Crippen molar-refractivity contribution in [2.75, 3.05) is 0 Å². The zero-order chi connectivity index (χ0) is 58.3. The van der Waals surface area contributed by atoms with Gasteiger partial charge < -0.3 is 13.9 Å². The monoisotopic (exact) mass is 1140 g/mol. The van der Waals surface area contributed by atoms with Crippen LogP contribution in [0.25, 0.3) is 166 Å². The quantitative estimate of drug-likeness (QED) is 0.172. The maximum Gasteiger partial charge on any atom is 0.235 e. The molecule has 0 bridgehead atoms. The van der Waals surface area contributed by atoms with Crippen LogP contribution in [0, 0.1) is 0 Å². The molecule has 0 saturated heterocycles. The van der Waals surface area contributed by atoms with Gasteiger partial charge in [-0.1, -0.05) is 200 Å². The van der Waals surface area contributed by atoms with Crippen LogP contribution in [-0.2, 0) is 0 Å². The van der Waals surface area contributed by atoms with Gasteiger partial charge in [0.1, 0.15) is 11.5 Å². The van der Waals surface area contributed by atoms with Gasteiger partial charge in [0.25, 0.3) is 0 Å². The first-order valence-corrected chi connectivity index (χ1v) is 30.0. The number of ether oxygens (including phenoxy) is 1. The number of aromatic nitrogens is 8.